The number of rotatable bonds is 7. The first-order valence-electron chi connectivity index (χ1n) is 11.3. The van der Waals surface area contributed by atoms with Crippen LogP contribution in [0.15, 0.2) is 90.0 Å². The third-order valence-electron chi connectivity index (χ3n) is 5.56. The number of ether oxygens (including phenoxy) is 1. The first-order valence-corrected chi connectivity index (χ1v) is 12.2. The quantitative estimate of drug-likeness (QED) is 0.238. The van der Waals surface area contributed by atoms with Crippen LogP contribution in [0.3, 0.4) is 0 Å². The molecular weight excluding hydrogens is 458 g/mol. The van der Waals surface area contributed by atoms with Crippen LogP contribution < -0.4 is 4.74 Å². The highest BCUT2D eigenvalue weighted by Crippen LogP contribution is 2.40. The minimum Gasteiger partial charge on any atom is -0.426 e. The van der Waals surface area contributed by atoms with Crippen LogP contribution in [0.1, 0.15) is 19.8 Å². The predicted molar refractivity (Wildman–Crippen MR) is 138 cm³/mol. The van der Waals surface area contributed by atoms with E-state index in [0.29, 0.717) is 12.2 Å². The van der Waals surface area contributed by atoms with E-state index < -0.39 is 5.97 Å². The van der Waals surface area contributed by atoms with Crippen LogP contribution in [0, 0.1) is 0 Å². The number of benzene rings is 3. The Bertz CT molecular complexity index is 1320. The van der Waals surface area contributed by atoms with E-state index >= 15 is 0 Å². The Kier molecular flexibility index (Phi) is 6.50. The van der Waals surface area contributed by atoms with Crippen LogP contribution in [0.2, 0.25) is 0 Å². The van der Waals surface area contributed by atoms with E-state index in [1.165, 1.54) is 5.01 Å². The van der Waals surface area contributed by atoms with Crippen molar-refractivity contribution in [3.05, 3.63) is 84.9 Å². The van der Waals surface area contributed by atoms with Gasteiger partial charge in [-0.1, -0.05) is 60.7 Å². The molecule has 6 nitrogen and oxygen atoms in total. The third-order valence-corrected chi connectivity index (χ3v) is 6.71. The summed E-state index contributed by atoms with van der Waals surface area (Å²) in [5.41, 5.74) is 4.84. The number of hydrogen-bond donors (Lipinski definition) is 0. The Hall–Kier alpha value is -4.10. The molecule has 0 saturated carbocycles. The fourth-order valence-corrected chi connectivity index (χ4v) is 4.95. The number of esters is 1. The Balaban J connectivity index is 1.32. The van der Waals surface area contributed by atoms with Gasteiger partial charge in [0, 0.05) is 16.8 Å². The second-order valence-electron chi connectivity index (χ2n) is 8.21. The van der Waals surface area contributed by atoms with Crippen molar-refractivity contribution in [2.45, 2.75) is 19.8 Å². The standard InChI is InChI=1S/C28H23N3O3S/c1-19-18-24(32)31(30-19)17-16-25(33)34-23-14-12-22(13-15-23)28-29-26(20-8-4-2-5-9-20)27(35-28)21-10-6-3-7-11-21/h2-15H,16-18H2,1H3. The fourth-order valence-electron chi connectivity index (χ4n) is 3.85. The second-order valence-corrected chi connectivity index (χ2v) is 9.21. The minimum atomic E-state index is -0.405. The number of hydrogen-bond acceptors (Lipinski definition) is 6. The maximum Gasteiger partial charge on any atom is 0.313 e. The number of hydrazone groups is 1. The summed E-state index contributed by atoms with van der Waals surface area (Å²) in [6, 6.07) is 27.7. The maximum absolute atomic E-state index is 12.3. The van der Waals surface area contributed by atoms with Gasteiger partial charge in [0.1, 0.15) is 10.8 Å². The van der Waals surface area contributed by atoms with Crippen molar-refractivity contribution in [2.75, 3.05) is 6.54 Å². The summed E-state index contributed by atoms with van der Waals surface area (Å²) in [5.74, 6) is -0.0422. The van der Waals surface area contributed by atoms with Crippen LogP contribution in [0.5, 0.6) is 5.75 Å². The molecule has 1 aromatic heterocycles. The van der Waals surface area contributed by atoms with E-state index in [0.717, 1.165) is 38.0 Å². The molecule has 0 N–H and O–H groups in total. The highest BCUT2D eigenvalue weighted by molar-refractivity contribution is 7.19. The van der Waals surface area contributed by atoms with Crippen LogP contribution in [-0.2, 0) is 9.59 Å². The summed E-state index contributed by atoms with van der Waals surface area (Å²) in [6.07, 6.45) is 0.392. The van der Waals surface area contributed by atoms with Crippen molar-refractivity contribution in [1.82, 2.24) is 9.99 Å². The summed E-state index contributed by atoms with van der Waals surface area (Å²) < 4.78 is 5.45. The molecule has 0 radical (unpaired) electrons. The number of aromatic nitrogens is 1. The molecule has 174 valence electrons. The van der Waals surface area contributed by atoms with E-state index in [1.54, 1.807) is 30.4 Å². The van der Waals surface area contributed by atoms with Crippen LogP contribution in [0.25, 0.3) is 32.3 Å². The van der Waals surface area contributed by atoms with Gasteiger partial charge in [-0.15, -0.1) is 11.3 Å². The molecule has 0 fully saturated rings. The number of amides is 1. The normalized spacial score (nSPS) is 13.1. The largest absolute Gasteiger partial charge is 0.426 e. The van der Waals surface area contributed by atoms with Gasteiger partial charge in [0.15, 0.2) is 0 Å². The second kappa shape index (κ2) is 10.0. The molecule has 3 aromatic carbocycles. The maximum atomic E-state index is 12.3. The van der Waals surface area contributed by atoms with E-state index in [9.17, 15) is 9.59 Å². The van der Waals surface area contributed by atoms with E-state index in [2.05, 4.69) is 29.4 Å². The van der Waals surface area contributed by atoms with Gasteiger partial charge in [0.2, 0.25) is 5.91 Å². The SMILES string of the molecule is CC1=NN(CCC(=O)Oc2ccc(-c3nc(-c4ccccc4)c(-c4ccccc4)s3)cc2)C(=O)C1. The first kappa shape index (κ1) is 22.7. The zero-order valence-corrected chi connectivity index (χ0v) is 20.0. The average Bonchev–Trinajstić information content (AvgIpc) is 3.47. The third kappa shape index (κ3) is 5.20. The lowest BCUT2D eigenvalue weighted by molar-refractivity contribution is -0.135. The number of thiazole rings is 1. The minimum absolute atomic E-state index is 0.0810. The molecule has 0 saturated heterocycles. The number of nitrogens with zero attached hydrogens (tertiary/aromatic N) is 3. The summed E-state index contributed by atoms with van der Waals surface area (Å²) in [7, 11) is 0. The van der Waals surface area contributed by atoms with Gasteiger partial charge in [0.25, 0.3) is 0 Å². The van der Waals surface area contributed by atoms with E-state index in [4.69, 9.17) is 9.72 Å². The average molecular weight is 482 g/mol. The topological polar surface area (TPSA) is 71.9 Å². The molecule has 0 aliphatic carbocycles. The molecular formula is C28H23N3O3S. The van der Waals surface area contributed by atoms with Crippen LogP contribution >= 0.6 is 11.3 Å². The Morgan fingerprint density at radius 2 is 1.57 bits per heavy atom. The van der Waals surface area contributed by atoms with Crippen LogP contribution in [0.4, 0.5) is 0 Å². The van der Waals surface area contributed by atoms with Crippen molar-refractivity contribution >= 4 is 28.9 Å². The molecule has 1 aliphatic rings. The molecule has 2 heterocycles. The van der Waals surface area contributed by atoms with Crippen molar-refractivity contribution in [2.24, 2.45) is 5.10 Å². The van der Waals surface area contributed by atoms with Gasteiger partial charge < -0.3 is 4.74 Å². The van der Waals surface area contributed by atoms with Gasteiger partial charge in [0.05, 0.1) is 30.0 Å². The molecule has 0 unspecified atom stereocenters. The smallest absolute Gasteiger partial charge is 0.313 e. The monoisotopic (exact) mass is 481 g/mol. The molecule has 0 bridgehead atoms. The van der Waals surface area contributed by atoms with Gasteiger partial charge >= 0.3 is 5.97 Å². The Morgan fingerprint density at radius 1 is 0.914 bits per heavy atom. The van der Waals surface area contributed by atoms with Gasteiger partial charge in [-0.2, -0.15) is 5.10 Å². The molecule has 0 spiro atoms. The van der Waals surface area contributed by atoms with E-state index in [1.807, 2.05) is 48.5 Å². The molecule has 35 heavy (non-hydrogen) atoms. The molecule has 0 atom stereocenters. The highest BCUT2D eigenvalue weighted by Gasteiger charge is 2.22. The molecule has 4 aromatic rings. The van der Waals surface area contributed by atoms with Crippen molar-refractivity contribution < 1.29 is 14.3 Å². The number of carbonyl (C=O) groups is 2. The number of carbonyl (C=O) groups excluding carboxylic acids is 2. The lowest BCUT2D eigenvalue weighted by Gasteiger charge is -2.11. The zero-order valence-electron chi connectivity index (χ0n) is 19.2. The summed E-state index contributed by atoms with van der Waals surface area (Å²) in [6.45, 7) is 2.02. The summed E-state index contributed by atoms with van der Waals surface area (Å²) >= 11 is 1.63. The first-order chi connectivity index (χ1) is 17.1. The van der Waals surface area contributed by atoms with Crippen molar-refractivity contribution in [1.29, 1.82) is 0 Å². The zero-order chi connectivity index (χ0) is 24.2. The van der Waals surface area contributed by atoms with Crippen LogP contribution in [-0.4, -0.2) is 34.1 Å². The van der Waals surface area contributed by atoms with Crippen molar-refractivity contribution in [3.8, 4) is 38.0 Å². The molecule has 7 heteroatoms. The summed E-state index contributed by atoms with van der Waals surface area (Å²) in [5, 5.41) is 6.35. The van der Waals surface area contributed by atoms with Gasteiger partial charge in [-0.05, 0) is 36.8 Å². The Morgan fingerprint density at radius 3 is 2.20 bits per heavy atom. The molecule has 5 rings (SSSR count). The van der Waals surface area contributed by atoms with E-state index in [-0.39, 0.29) is 18.9 Å². The Labute approximate surface area is 207 Å². The highest BCUT2D eigenvalue weighted by atomic mass is 32.1. The summed E-state index contributed by atoms with van der Waals surface area (Å²) in [4.78, 5) is 30.1. The van der Waals surface area contributed by atoms with Gasteiger partial charge in [-0.3, -0.25) is 9.59 Å². The van der Waals surface area contributed by atoms with Gasteiger partial charge in [-0.25, -0.2) is 9.99 Å². The van der Waals surface area contributed by atoms with Crippen molar-refractivity contribution in [3.63, 3.8) is 0 Å². The lowest BCUT2D eigenvalue weighted by atomic mass is 10.1. The lowest BCUT2D eigenvalue weighted by Crippen LogP contribution is -2.25. The molecule has 1 amide bonds. The fraction of sp³-hybridized carbons (Fsp3) is 0.143. The predicted octanol–water partition coefficient (Wildman–Crippen LogP) is 6.05. The molecule has 1 aliphatic heterocycles.